The van der Waals surface area contributed by atoms with Gasteiger partial charge in [0.1, 0.15) is 11.5 Å². The number of hydrogen-bond acceptors (Lipinski definition) is 2. The highest BCUT2D eigenvalue weighted by Gasteiger charge is 2.04. The summed E-state index contributed by atoms with van der Waals surface area (Å²) >= 11 is 0. The quantitative estimate of drug-likeness (QED) is 0.161. The van der Waals surface area contributed by atoms with Crippen LogP contribution < -0.4 is 9.47 Å². The number of benzene rings is 1. The lowest BCUT2D eigenvalue weighted by Gasteiger charge is -2.09. The van der Waals surface area contributed by atoms with Crippen molar-refractivity contribution in [1.82, 2.24) is 0 Å². The van der Waals surface area contributed by atoms with E-state index in [9.17, 15) is 0 Å². The monoisotopic (exact) mass is 546 g/mol. The molecule has 1 rings (SSSR count). The van der Waals surface area contributed by atoms with E-state index in [4.69, 9.17) is 9.47 Å². The highest BCUT2D eigenvalue weighted by atomic mass is 16.5. The van der Waals surface area contributed by atoms with Crippen molar-refractivity contribution in [2.24, 2.45) is 0 Å². The van der Waals surface area contributed by atoms with E-state index in [0.717, 1.165) is 62.0 Å². The van der Waals surface area contributed by atoms with Crippen LogP contribution in [0.15, 0.2) is 88.1 Å². The molecule has 0 aliphatic rings. The SMILES string of the molecule is COc1ccc(OC)c(C/C=C(\C)CC/C=C(\C)CC/C=C(\C)CC/C=C(\C)CC/C=C(\C)CCC=C(C)C)c1. The fraction of sp³-hybridized carbons (Fsp3) is 0.526. The number of ether oxygens (including phenoxy) is 2. The van der Waals surface area contributed by atoms with Gasteiger partial charge in [0.05, 0.1) is 14.2 Å². The average molecular weight is 547 g/mol. The summed E-state index contributed by atoms with van der Waals surface area (Å²) in [5.74, 6) is 1.79. The molecule has 0 fully saturated rings. The molecule has 0 radical (unpaired) electrons. The Balaban J connectivity index is 2.33. The number of methoxy groups -OCH3 is 2. The van der Waals surface area contributed by atoms with Crippen molar-refractivity contribution in [1.29, 1.82) is 0 Å². The van der Waals surface area contributed by atoms with Gasteiger partial charge in [0.2, 0.25) is 0 Å². The summed E-state index contributed by atoms with van der Waals surface area (Å²) in [5, 5.41) is 0. The molecule has 222 valence electrons. The van der Waals surface area contributed by atoms with E-state index < -0.39 is 0 Å². The maximum Gasteiger partial charge on any atom is 0.122 e. The summed E-state index contributed by atoms with van der Waals surface area (Å²) in [5.41, 5.74) is 10.0. The normalized spacial score (nSPS) is 13.5. The van der Waals surface area contributed by atoms with Crippen LogP contribution in [-0.2, 0) is 6.42 Å². The van der Waals surface area contributed by atoms with Gasteiger partial charge in [0.15, 0.2) is 0 Å². The summed E-state index contributed by atoms with van der Waals surface area (Å²) in [7, 11) is 3.42. The summed E-state index contributed by atoms with van der Waals surface area (Å²) < 4.78 is 10.9. The second kappa shape index (κ2) is 21.1. The molecule has 0 bridgehead atoms. The van der Waals surface area contributed by atoms with Crippen LogP contribution in [0.1, 0.15) is 118 Å². The van der Waals surface area contributed by atoms with Gasteiger partial charge in [-0.15, -0.1) is 0 Å². The van der Waals surface area contributed by atoms with E-state index in [1.54, 1.807) is 14.2 Å². The van der Waals surface area contributed by atoms with Gasteiger partial charge in [-0.05, 0) is 137 Å². The predicted octanol–water partition coefficient (Wildman–Crippen LogP) is 11.8. The van der Waals surface area contributed by atoms with E-state index in [1.165, 1.54) is 59.1 Å². The fourth-order valence-corrected chi connectivity index (χ4v) is 4.61. The van der Waals surface area contributed by atoms with E-state index in [2.05, 4.69) is 91.0 Å². The van der Waals surface area contributed by atoms with Gasteiger partial charge in [-0.1, -0.05) is 69.9 Å². The molecule has 0 unspecified atom stereocenters. The molecule has 1 aromatic rings. The van der Waals surface area contributed by atoms with Gasteiger partial charge < -0.3 is 9.47 Å². The molecule has 2 nitrogen and oxygen atoms in total. The zero-order chi connectivity index (χ0) is 29.8. The van der Waals surface area contributed by atoms with Gasteiger partial charge in [-0.3, -0.25) is 0 Å². The molecule has 0 aliphatic heterocycles. The third-order valence-corrected chi connectivity index (χ3v) is 7.38. The Morgan fingerprint density at radius 1 is 0.525 bits per heavy atom. The lowest BCUT2D eigenvalue weighted by Crippen LogP contribution is -1.93. The zero-order valence-corrected chi connectivity index (χ0v) is 27.3. The lowest BCUT2D eigenvalue weighted by atomic mass is 10.0. The summed E-state index contributed by atoms with van der Waals surface area (Å²) in [6, 6.07) is 5.98. The van der Waals surface area contributed by atoms with Gasteiger partial charge in [0, 0.05) is 5.56 Å². The first kappa shape index (κ1) is 35.3. The van der Waals surface area contributed by atoms with Crippen LogP contribution in [-0.4, -0.2) is 14.2 Å². The molecule has 0 aliphatic carbocycles. The van der Waals surface area contributed by atoms with Crippen LogP contribution in [0, 0.1) is 0 Å². The van der Waals surface area contributed by atoms with Gasteiger partial charge in [-0.25, -0.2) is 0 Å². The molecule has 0 aromatic heterocycles. The van der Waals surface area contributed by atoms with E-state index in [-0.39, 0.29) is 0 Å². The van der Waals surface area contributed by atoms with Gasteiger partial charge in [0.25, 0.3) is 0 Å². The minimum atomic E-state index is 0.862. The molecule has 0 heterocycles. The number of rotatable bonds is 19. The molecule has 0 spiro atoms. The van der Waals surface area contributed by atoms with Crippen molar-refractivity contribution in [3.8, 4) is 11.5 Å². The highest BCUT2D eigenvalue weighted by Crippen LogP contribution is 2.25. The van der Waals surface area contributed by atoms with Crippen LogP contribution >= 0.6 is 0 Å². The zero-order valence-electron chi connectivity index (χ0n) is 27.3. The van der Waals surface area contributed by atoms with Crippen molar-refractivity contribution in [2.75, 3.05) is 14.2 Å². The Morgan fingerprint density at radius 2 is 0.925 bits per heavy atom. The average Bonchev–Trinajstić information content (AvgIpc) is 2.91. The Morgan fingerprint density at radius 3 is 1.30 bits per heavy atom. The summed E-state index contributed by atoms with van der Waals surface area (Å²) in [4.78, 5) is 0. The van der Waals surface area contributed by atoms with E-state index >= 15 is 0 Å². The standard InChI is InChI=1S/C38H58O2/c1-30(2)15-10-16-31(3)17-11-18-32(4)19-12-20-33(5)21-13-22-34(6)23-14-24-35(7)25-26-36-29-37(39-8)27-28-38(36)40-9/h15,17,19,21,23,25,27-29H,10-14,16,18,20,22,24,26H2,1-9H3/b31-17+,32-19+,33-21+,34-23+,35-25+. The van der Waals surface area contributed by atoms with Gasteiger partial charge >= 0.3 is 0 Å². The summed E-state index contributed by atoms with van der Waals surface area (Å²) in [6.45, 7) is 15.7. The minimum absolute atomic E-state index is 0.862. The van der Waals surface area contributed by atoms with Crippen molar-refractivity contribution in [3.63, 3.8) is 0 Å². The summed E-state index contributed by atoms with van der Waals surface area (Å²) in [6.07, 6.45) is 26.7. The minimum Gasteiger partial charge on any atom is -0.497 e. The molecule has 40 heavy (non-hydrogen) atoms. The van der Waals surface area contributed by atoms with Crippen molar-refractivity contribution >= 4 is 0 Å². The third-order valence-electron chi connectivity index (χ3n) is 7.38. The first-order chi connectivity index (χ1) is 19.1. The number of allylic oxidation sites excluding steroid dienone is 12. The first-order valence-electron chi connectivity index (χ1n) is 15.3. The topological polar surface area (TPSA) is 18.5 Å². The van der Waals surface area contributed by atoms with Crippen LogP contribution in [0.25, 0.3) is 0 Å². The van der Waals surface area contributed by atoms with Gasteiger partial charge in [-0.2, -0.15) is 0 Å². The molecule has 2 heteroatoms. The van der Waals surface area contributed by atoms with Crippen LogP contribution in [0.2, 0.25) is 0 Å². The van der Waals surface area contributed by atoms with Crippen molar-refractivity contribution < 1.29 is 9.47 Å². The molecule has 0 saturated carbocycles. The Kier molecular flexibility index (Phi) is 18.6. The highest BCUT2D eigenvalue weighted by molar-refractivity contribution is 5.41. The van der Waals surface area contributed by atoms with Crippen molar-refractivity contribution in [3.05, 3.63) is 93.7 Å². The largest absolute Gasteiger partial charge is 0.497 e. The van der Waals surface area contributed by atoms with E-state index in [0.29, 0.717) is 0 Å². The Bertz CT molecular complexity index is 1050. The molecular formula is C38H58O2. The van der Waals surface area contributed by atoms with E-state index in [1.807, 2.05) is 12.1 Å². The second-order valence-electron chi connectivity index (χ2n) is 11.6. The molecular weight excluding hydrogens is 488 g/mol. The van der Waals surface area contributed by atoms with Crippen LogP contribution in [0.5, 0.6) is 11.5 Å². The molecule has 0 atom stereocenters. The lowest BCUT2D eigenvalue weighted by molar-refractivity contribution is 0.399. The maximum atomic E-state index is 5.51. The smallest absolute Gasteiger partial charge is 0.122 e. The fourth-order valence-electron chi connectivity index (χ4n) is 4.61. The maximum absolute atomic E-state index is 5.51. The Hall–Kier alpha value is -2.74. The number of hydrogen-bond donors (Lipinski definition) is 0. The second-order valence-corrected chi connectivity index (χ2v) is 11.6. The molecule has 0 N–H and O–H groups in total. The van der Waals surface area contributed by atoms with Crippen LogP contribution in [0.4, 0.5) is 0 Å². The first-order valence-corrected chi connectivity index (χ1v) is 15.3. The molecule has 0 saturated heterocycles. The molecule has 1 aromatic carbocycles. The predicted molar refractivity (Wildman–Crippen MR) is 178 cm³/mol. The van der Waals surface area contributed by atoms with Crippen LogP contribution in [0.3, 0.4) is 0 Å². The molecule has 0 amide bonds. The third kappa shape index (κ3) is 17.1. The van der Waals surface area contributed by atoms with Crippen molar-refractivity contribution in [2.45, 2.75) is 119 Å². The Labute approximate surface area is 247 Å².